The first-order valence-corrected chi connectivity index (χ1v) is 11.6. The lowest BCUT2D eigenvalue weighted by molar-refractivity contribution is -0.134. The van der Waals surface area contributed by atoms with Gasteiger partial charge in [-0.3, -0.25) is 14.4 Å². The summed E-state index contributed by atoms with van der Waals surface area (Å²) in [6.45, 7) is 2.08. The number of ether oxygens (including phenoxy) is 3. The van der Waals surface area contributed by atoms with Gasteiger partial charge in [-0.25, -0.2) is 0 Å². The molecule has 2 aliphatic carbocycles. The molecule has 0 unspecified atom stereocenters. The van der Waals surface area contributed by atoms with Crippen molar-refractivity contribution in [2.45, 2.75) is 77.0 Å². The number of benzene rings is 1. The van der Waals surface area contributed by atoms with Crippen LogP contribution in [0.1, 0.15) is 82.6 Å². The maximum absolute atomic E-state index is 12.9. The van der Waals surface area contributed by atoms with Crippen molar-refractivity contribution in [1.82, 2.24) is 0 Å². The fraction of sp³-hybridized carbons (Fsp3) is 0.500. The van der Waals surface area contributed by atoms with Crippen molar-refractivity contribution in [3.05, 3.63) is 46.4 Å². The number of hydrogen-bond donors (Lipinski definition) is 0. The van der Waals surface area contributed by atoms with Crippen molar-refractivity contribution < 1.29 is 28.6 Å². The van der Waals surface area contributed by atoms with E-state index in [-0.39, 0.29) is 17.5 Å². The fourth-order valence-corrected chi connectivity index (χ4v) is 4.79. The zero-order chi connectivity index (χ0) is 22.7. The van der Waals surface area contributed by atoms with Crippen LogP contribution >= 0.6 is 0 Å². The van der Waals surface area contributed by atoms with Gasteiger partial charge in [0.25, 0.3) is 0 Å². The Kier molecular flexibility index (Phi) is 6.77. The predicted molar refractivity (Wildman–Crippen MR) is 118 cm³/mol. The summed E-state index contributed by atoms with van der Waals surface area (Å²) in [5.41, 5.74) is 1.97. The van der Waals surface area contributed by atoms with Crippen LogP contribution in [0, 0.1) is 0 Å². The first-order chi connectivity index (χ1) is 15.5. The lowest BCUT2D eigenvalue weighted by atomic mass is 9.73. The molecule has 3 aliphatic rings. The van der Waals surface area contributed by atoms with Crippen LogP contribution in [0.3, 0.4) is 0 Å². The van der Waals surface area contributed by atoms with Gasteiger partial charge in [0.1, 0.15) is 11.5 Å². The van der Waals surface area contributed by atoms with E-state index in [2.05, 4.69) is 6.92 Å². The van der Waals surface area contributed by atoms with E-state index in [1.807, 2.05) is 6.07 Å². The van der Waals surface area contributed by atoms with Crippen LogP contribution in [0.2, 0.25) is 0 Å². The zero-order valence-electron chi connectivity index (χ0n) is 18.8. The number of hydrogen-bond acceptors (Lipinski definition) is 6. The molecule has 6 nitrogen and oxygen atoms in total. The van der Waals surface area contributed by atoms with E-state index in [0.29, 0.717) is 66.3 Å². The number of carbonyl (C=O) groups excluding carboxylic acids is 3. The van der Waals surface area contributed by atoms with Gasteiger partial charge >= 0.3 is 5.97 Å². The van der Waals surface area contributed by atoms with Gasteiger partial charge in [0, 0.05) is 49.2 Å². The molecule has 0 amide bonds. The van der Waals surface area contributed by atoms with Gasteiger partial charge in [0.05, 0.1) is 7.11 Å². The van der Waals surface area contributed by atoms with E-state index < -0.39 is 5.92 Å². The first-order valence-electron chi connectivity index (χ1n) is 11.6. The van der Waals surface area contributed by atoms with Gasteiger partial charge in [0.2, 0.25) is 0 Å². The highest BCUT2D eigenvalue weighted by atomic mass is 16.6. The Morgan fingerprint density at radius 2 is 1.62 bits per heavy atom. The van der Waals surface area contributed by atoms with Gasteiger partial charge in [0.15, 0.2) is 23.1 Å². The molecule has 0 saturated heterocycles. The molecule has 0 spiro atoms. The van der Waals surface area contributed by atoms with Crippen LogP contribution in [0.15, 0.2) is 40.9 Å². The Bertz CT molecular complexity index is 958. The molecule has 0 aromatic heterocycles. The maximum atomic E-state index is 12.9. The first kappa shape index (κ1) is 22.3. The topological polar surface area (TPSA) is 78.9 Å². The van der Waals surface area contributed by atoms with Gasteiger partial charge < -0.3 is 14.2 Å². The van der Waals surface area contributed by atoms with Crippen molar-refractivity contribution in [3.8, 4) is 11.5 Å². The van der Waals surface area contributed by atoms with Crippen LogP contribution in [-0.4, -0.2) is 24.6 Å². The average molecular weight is 439 g/mol. The quantitative estimate of drug-likeness (QED) is 0.326. The number of carbonyl (C=O) groups is 3. The Hall–Kier alpha value is -2.89. The molecule has 1 aliphatic heterocycles. The Balaban J connectivity index is 1.69. The van der Waals surface area contributed by atoms with Crippen LogP contribution in [0.25, 0.3) is 0 Å². The molecule has 0 saturated carbocycles. The number of unbranched alkanes of at least 4 members (excludes halogenated alkanes) is 2. The standard InChI is InChI=1S/C26H30O6/c1-3-4-5-12-23(29)32-19-14-13-16(15-22(19)30-2)24-25-17(27)8-6-10-20(25)31-21-11-7-9-18(28)26(21)24/h13-15,24H,3-12H2,1-2H3. The number of rotatable bonds is 7. The minimum Gasteiger partial charge on any atom is -0.493 e. The second-order valence-electron chi connectivity index (χ2n) is 8.60. The minimum absolute atomic E-state index is 0.0339. The molecule has 1 aromatic rings. The fourth-order valence-electron chi connectivity index (χ4n) is 4.79. The summed E-state index contributed by atoms with van der Waals surface area (Å²) in [4.78, 5) is 38.0. The summed E-state index contributed by atoms with van der Waals surface area (Å²) in [7, 11) is 1.52. The summed E-state index contributed by atoms with van der Waals surface area (Å²) in [5, 5.41) is 0. The minimum atomic E-state index is -0.461. The Morgan fingerprint density at radius 3 is 2.22 bits per heavy atom. The van der Waals surface area contributed by atoms with Gasteiger partial charge in [-0.05, 0) is 37.0 Å². The third-order valence-corrected chi connectivity index (χ3v) is 6.37. The van der Waals surface area contributed by atoms with Crippen LogP contribution < -0.4 is 9.47 Å². The SMILES string of the molecule is CCCCCC(=O)Oc1ccc(C2C3=C(CCCC3=O)OC3=C2C(=O)CCC3)cc1OC. The Labute approximate surface area is 188 Å². The highest BCUT2D eigenvalue weighted by Crippen LogP contribution is 2.48. The third-order valence-electron chi connectivity index (χ3n) is 6.37. The smallest absolute Gasteiger partial charge is 0.311 e. The molecule has 0 fully saturated rings. The van der Waals surface area contributed by atoms with E-state index in [0.717, 1.165) is 37.7 Å². The van der Waals surface area contributed by atoms with Gasteiger partial charge in [-0.15, -0.1) is 0 Å². The molecule has 1 aromatic carbocycles. The van der Waals surface area contributed by atoms with Crippen LogP contribution in [-0.2, 0) is 19.1 Å². The molecule has 0 N–H and O–H groups in total. The molecule has 1 heterocycles. The molecule has 32 heavy (non-hydrogen) atoms. The molecular weight excluding hydrogens is 408 g/mol. The predicted octanol–water partition coefficient (Wildman–Crippen LogP) is 5.31. The molecule has 0 radical (unpaired) electrons. The van der Waals surface area contributed by atoms with Crippen LogP contribution in [0.4, 0.5) is 0 Å². The number of methoxy groups -OCH3 is 1. The van der Waals surface area contributed by atoms with Crippen molar-refractivity contribution >= 4 is 17.5 Å². The second-order valence-corrected chi connectivity index (χ2v) is 8.60. The van der Waals surface area contributed by atoms with E-state index in [1.165, 1.54) is 7.11 Å². The number of allylic oxidation sites excluding steroid dienone is 4. The lowest BCUT2D eigenvalue weighted by Crippen LogP contribution is -2.30. The van der Waals surface area contributed by atoms with E-state index in [9.17, 15) is 14.4 Å². The van der Waals surface area contributed by atoms with Crippen LogP contribution in [0.5, 0.6) is 11.5 Å². The average Bonchev–Trinajstić information content (AvgIpc) is 2.78. The molecule has 6 heteroatoms. The van der Waals surface area contributed by atoms with Crippen molar-refractivity contribution in [2.75, 3.05) is 7.11 Å². The zero-order valence-corrected chi connectivity index (χ0v) is 18.8. The summed E-state index contributed by atoms with van der Waals surface area (Å²) >= 11 is 0. The van der Waals surface area contributed by atoms with Crippen molar-refractivity contribution in [3.63, 3.8) is 0 Å². The summed E-state index contributed by atoms with van der Waals surface area (Å²) < 4.78 is 17.1. The van der Waals surface area contributed by atoms with E-state index in [4.69, 9.17) is 14.2 Å². The largest absolute Gasteiger partial charge is 0.493 e. The second kappa shape index (κ2) is 9.72. The summed E-state index contributed by atoms with van der Waals surface area (Å²) in [6, 6.07) is 5.30. The lowest BCUT2D eigenvalue weighted by Gasteiger charge is -2.36. The highest BCUT2D eigenvalue weighted by Gasteiger charge is 2.42. The molecular formula is C26H30O6. The summed E-state index contributed by atoms with van der Waals surface area (Å²) in [5.74, 6) is 1.47. The maximum Gasteiger partial charge on any atom is 0.311 e. The molecule has 0 atom stereocenters. The van der Waals surface area contributed by atoms with Crippen molar-refractivity contribution in [2.24, 2.45) is 0 Å². The highest BCUT2D eigenvalue weighted by molar-refractivity contribution is 6.05. The number of esters is 1. The van der Waals surface area contributed by atoms with E-state index >= 15 is 0 Å². The van der Waals surface area contributed by atoms with Gasteiger partial charge in [-0.2, -0.15) is 0 Å². The molecule has 170 valence electrons. The van der Waals surface area contributed by atoms with Crippen molar-refractivity contribution in [1.29, 1.82) is 0 Å². The normalized spacial score (nSPS) is 18.8. The molecule has 4 rings (SSSR count). The number of ketones is 2. The summed E-state index contributed by atoms with van der Waals surface area (Å²) in [6.07, 6.45) is 6.99. The van der Waals surface area contributed by atoms with E-state index in [1.54, 1.807) is 12.1 Å². The molecule has 0 bridgehead atoms. The number of Topliss-reactive ketones (excluding diaryl/α,β-unsaturated/α-hetero) is 2. The third kappa shape index (κ3) is 4.36. The van der Waals surface area contributed by atoms with Gasteiger partial charge in [-0.1, -0.05) is 25.8 Å². The monoisotopic (exact) mass is 438 g/mol. The Morgan fingerprint density at radius 1 is 0.969 bits per heavy atom.